The predicted octanol–water partition coefficient (Wildman–Crippen LogP) is 5.35. The fourth-order valence-corrected chi connectivity index (χ4v) is 4.64. The van der Waals surface area contributed by atoms with Crippen LogP contribution in [0.25, 0.3) is 11.3 Å². The van der Waals surface area contributed by atoms with Crippen LogP contribution < -0.4 is 19.1 Å². The van der Waals surface area contributed by atoms with Gasteiger partial charge >= 0.3 is 0 Å². The molecule has 1 amide bonds. The number of ether oxygens (including phenoxy) is 3. The summed E-state index contributed by atoms with van der Waals surface area (Å²) in [7, 11) is 4.56. The standard InChI is InChI=1S/C26H32FN3O4S/c1-6-29(7-2)13-8-14-30(26-28-21(17-35-26)18-9-11-20(27)12-10-18)25(31)19-15-22(32-3)24(34-5)23(16-19)33-4/h9-12,15-17H,6-8,13-14H2,1-5H3. The number of thiazole rings is 1. The minimum Gasteiger partial charge on any atom is -0.493 e. The highest BCUT2D eigenvalue weighted by Crippen LogP contribution is 2.39. The third-order valence-corrected chi connectivity index (χ3v) is 6.63. The van der Waals surface area contributed by atoms with Crippen LogP contribution >= 0.6 is 11.3 Å². The van der Waals surface area contributed by atoms with Gasteiger partial charge < -0.3 is 19.1 Å². The van der Waals surface area contributed by atoms with E-state index in [9.17, 15) is 9.18 Å². The van der Waals surface area contributed by atoms with Gasteiger partial charge in [0.25, 0.3) is 5.91 Å². The lowest BCUT2D eigenvalue weighted by molar-refractivity contribution is 0.0985. The smallest absolute Gasteiger partial charge is 0.260 e. The molecule has 3 rings (SSSR count). The largest absolute Gasteiger partial charge is 0.493 e. The molecule has 0 atom stereocenters. The molecule has 1 heterocycles. The van der Waals surface area contributed by atoms with Gasteiger partial charge in [-0.05, 0) is 62.5 Å². The van der Waals surface area contributed by atoms with E-state index in [-0.39, 0.29) is 11.7 Å². The number of amides is 1. The first-order valence-corrected chi connectivity index (χ1v) is 12.4. The SMILES string of the molecule is CCN(CC)CCCN(C(=O)c1cc(OC)c(OC)c(OC)c1)c1nc(-c2ccc(F)cc2)cs1. The molecule has 0 unspecified atom stereocenters. The highest BCUT2D eigenvalue weighted by Gasteiger charge is 2.24. The van der Waals surface area contributed by atoms with E-state index in [1.807, 2.05) is 5.38 Å². The average Bonchev–Trinajstić information content (AvgIpc) is 3.37. The lowest BCUT2D eigenvalue weighted by Crippen LogP contribution is -2.34. The van der Waals surface area contributed by atoms with Crippen LogP contribution in [0.2, 0.25) is 0 Å². The van der Waals surface area contributed by atoms with E-state index in [0.717, 1.165) is 31.6 Å². The summed E-state index contributed by atoms with van der Waals surface area (Å²) in [5, 5.41) is 2.45. The summed E-state index contributed by atoms with van der Waals surface area (Å²) in [6.45, 7) is 7.49. The van der Waals surface area contributed by atoms with Crippen molar-refractivity contribution in [1.82, 2.24) is 9.88 Å². The molecule has 188 valence electrons. The van der Waals surface area contributed by atoms with Crippen molar-refractivity contribution < 1.29 is 23.4 Å². The van der Waals surface area contributed by atoms with Crippen molar-refractivity contribution in [2.24, 2.45) is 0 Å². The van der Waals surface area contributed by atoms with Crippen LogP contribution in [0.5, 0.6) is 17.2 Å². The van der Waals surface area contributed by atoms with Gasteiger partial charge in [-0.3, -0.25) is 9.69 Å². The Morgan fingerprint density at radius 2 is 1.60 bits per heavy atom. The van der Waals surface area contributed by atoms with Crippen LogP contribution in [-0.4, -0.2) is 63.3 Å². The number of carbonyl (C=O) groups excluding carboxylic acids is 1. The van der Waals surface area contributed by atoms with Gasteiger partial charge in [0.05, 0.1) is 27.0 Å². The Kier molecular flexibility index (Phi) is 9.45. The van der Waals surface area contributed by atoms with Crippen LogP contribution in [0, 0.1) is 5.82 Å². The van der Waals surface area contributed by atoms with E-state index < -0.39 is 0 Å². The number of benzene rings is 2. The summed E-state index contributed by atoms with van der Waals surface area (Å²) in [5.41, 5.74) is 1.88. The number of methoxy groups -OCH3 is 3. The molecule has 0 aliphatic carbocycles. The molecule has 3 aromatic rings. The summed E-state index contributed by atoms with van der Waals surface area (Å²) in [5.74, 6) is 0.713. The second-order valence-corrected chi connectivity index (χ2v) is 8.61. The van der Waals surface area contributed by atoms with Crippen LogP contribution in [0.1, 0.15) is 30.6 Å². The summed E-state index contributed by atoms with van der Waals surface area (Å²) in [6, 6.07) is 9.46. The Morgan fingerprint density at radius 3 is 2.14 bits per heavy atom. The highest BCUT2D eigenvalue weighted by molar-refractivity contribution is 7.14. The van der Waals surface area contributed by atoms with Crippen LogP contribution in [0.4, 0.5) is 9.52 Å². The molecule has 0 N–H and O–H groups in total. The van der Waals surface area contributed by atoms with E-state index in [1.54, 1.807) is 29.2 Å². The Morgan fingerprint density at radius 1 is 0.971 bits per heavy atom. The molecule has 0 aliphatic rings. The lowest BCUT2D eigenvalue weighted by Gasteiger charge is -2.23. The van der Waals surface area contributed by atoms with E-state index in [4.69, 9.17) is 19.2 Å². The molecule has 35 heavy (non-hydrogen) atoms. The second kappa shape index (κ2) is 12.5. The minimum atomic E-state index is -0.306. The van der Waals surface area contributed by atoms with Crippen molar-refractivity contribution in [2.75, 3.05) is 52.4 Å². The molecule has 0 spiro atoms. The van der Waals surface area contributed by atoms with Gasteiger partial charge in [0.15, 0.2) is 16.6 Å². The fraction of sp³-hybridized carbons (Fsp3) is 0.385. The molecule has 0 fully saturated rings. The number of nitrogens with zero attached hydrogens (tertiary/aromatic N) is 3. The summed E-state index contributed by atoms with van der Waals surface area (Å²) in [6.07, 6.45) is 0.781. The van der Waals surface area contributed by atoms with Crippen molar-refractivity contribution in [3.63, 3.8) is 0 Å². The van der Waals surface area contributed by atoms with Crippen molar-refractivity contribution in [2.45, 2.75) is 20.3 Å². The maximum atomic E-state index is 13.8. The number of anilines is 1. The minimum absolute atomic E-state index is 0.219. The van der Waals surface area contributed by atoms with Gasteiger partial charge in [0.1, 0.15) is 5.82 Å². The zero-order valence-electron chi connectivity index (χ0n) is 20.8. The maximum absolute atomic E-state index is 13.8. The predicted molar refractivity (Wildman–Crippen MR) is 138 cm³/mol. The Bertz CT molecular complexity index is 1090. The number of aromatic nitrogens is 1. The normalized spacial score (nSPS) is 10.9. The van der Waals surface area contributed by atoms with Crippen LogP contribution in [0.15, 0.2) is 41.8 Å². The van der Waals surface area contributed by atoms with Gasteiger partial charge in [0, 0.05) is 23.1 Å². The first kappa shape index (κ1) is 26.4. The van der Waals surface area contributed by atoms with Gasteiger partial charge in [-0.2, -0.15) is 0 Å². The molecule has 0 aliphatic heterocycles. The van der Waals surface area contributed by atoms with Crippen molar-refractivity contribution in [3.05, 3.63) is 53.2 Å². The molecule has 9 heteroatoms. The molecule has 1 aromatic heterocycles. The summed E-state index contributed by atoms with van der Waals surface area (Å²) < 4.78 is 29.6. The number of hydrogen-bond donors (Lipinski definition) is 0. The van der Waals surface area contributed by atoms with E-state index in [1.165, 1.54) is 44.8 Å². The van der Waals surface area contributed by atoms with Gasteiger partial charge in [-0.25, -0.2) is 9.37 Å². The third-order valence-electron chi connectivity index (χ3n) is 5.77. The summed E-state index contributed by atoms with van der Waals surface area (Å²) in [4.78, 5) is 22.5. The Balaban J connectivity index is 1.96. The van der Waals surface area contributed by atoms with Crippen molar-refractivity contribution >= 4 is 22.4 Å². The molecule has 0 saturated heterocycles. The molecule has 0 saturated carbocycles. The highest BCUT2D eigenvalue weighted by atomic mass is 32.1. The number of rotatable bonds is 12. The van der Waals surface area contributed by atoms with E-state index in [2.05, 4.69) is 18.7 Å². The molecule has 7 nitrogen and oxygen atoms in total. The lowest BCUT2D eigenvalue weighted by atomic mass is 10.1. The summed E-state index contributed by atoms with van der Waals surface area (Å²) >= 11 is 1.38. The molecular formula is C26H32FN3O4S. The Hall–Kier alpha value is -3.17. The number of halogens is 1. The van der Waals surface area contributed by atoms with Crippen molar-refractivity contribution in [3.8, 4) is 28.5 Å². The van der Waals surface area contributed by atoms with E-state index in [0.29, 0.717) is 40.2 Å². The monoisotopic (exact) mass is 501 g/mol. The molecule has 2 aromatic carbocycles. The molecule has 0 radical (unpaired) electrons. The number of carbonyl (C=O) groups is 1. The maximum Gasteiger partial charge on any atom is 0.260 e. The fourth-order valence-electron chi connectivity index (χ4n) is 3.78. The van der Waals surface area contributed by atoms with Crippen molar-refractivity contribution in [1.29, 1.82) is 0 Å². The zero-order valence-corrected chi connectivity index (χ0v) is 21.7. The number of hydrogen-bond acceptors (Lipinski definition) is 7. The molecule has 0 bridgehead atoms. The zero-order chi connectivity index (χ0) is 25.4. The quantitative estimate of drug-likeness (QED) is 0.333. The van der Waals surface area contributed by atoms with Crippen LogP contribution in [-0.2, 0) is 0 Å². The van der Waals surface area contributed by atoms with E-state index >= 15 is 0 Å². The second-order valence-electron chi connectivity index (χ2n) is 7.77. The third kappa shape index (κ3) is 6.29. The topological polar surface area (TPSA) is 64.1 Å². The Labute approximate surface area is 210 Å². The average molecular weight is 502 g/mol. The van der Waals surface area contributed by atoms with Crippen LogP contribution in [0.3, 0.4) is 0 Å². The first-order valence-electron chi connectivity index (χ1n) is 11.5. The van der Waals surface area contributed by atoms with Gasteiger partial charge in [0.2, 0.25) is 5.75 Å². The van der Waals surface area contributed by atoms with Gasteiger partial charge in [-0.15, -0.1) is 11.3 Å². The molecular weight excluding hydrogens is 469 g/mol. The first-order chi connectivity index (χ1) is 16.9. The van der Waals surface area contributed by atoms with Gasteiger partial charge in [-0.1, -0.05) is 13.8 Å².